The van der Waals surface area contributed by atoms with Gasteiger partial charge in [0.25, 0.3) is 5.56 Å². The van der Waals surface area contributed by atoms with Crippen LogP contribution in [0.15, 0.2) is 76.3 Å². The number of fused-ring (bicyclic) bond motifs is 1. The Morgan fingerprint density at radius 3 is 2.41 bits per heavy atom. The van der Waals surface area contributed by atoms with Crippen molar-refractivity contribution in [1.29, 1.82) is 0 Å². The highest BCUT2D eigenvalue weighted by atomic mass is 32.1. The van der Waals surface area contributed by atoms with Crippen molar-refractivity contribution in [2.45, 2.75) is 6.92 Å². The number of aromatic amines is 1. The molecule has 0 unspecified atom stereocenters. The SMILES string of the molecule is C=c1[nH]c(=O)/c(=C(/C)c2ccc(OCCOc3c(-c4ccc(F)cc4)n(C)c4ccccc4c3=O)c(F)c2)s1. The third-order valence-electron chi connectivity index (χ3n) is 6.36. The number of aryl methyl sites for hydroxylation is 1. The Labute approximate surface area is 225 Å². The highest BCUT2D eigenvalue weighted by Crippen LogP contribution is 2.30. The summed E-state index contributed by atoms with van der Waals surface area (Å²) in [6.45, 7) is 5.40. The van der Waals surface area contributed by atoms with Gasteiger partial charge in [-0.2, -0.15) is 0 Å². The van der Waals surface area contributed by atoms with Crippen molar-refractivity contribution in [2.24, 2.45) is 7.05 Å². The molecule has 0 fully saturated rings. The second-order valence-corrected chi connectivity index (χ2v) is 9.97. The summed E-state index contributed by atoms with van der Waals surface area (Å²) in [6, 6.07) is 17.4. The summed E-state index contributed by atoms with van der Waals surface area (Å²) in [5.41, 5.74) is 2.42. The maximum atomic E-state index is 14.8. The predicted octanol–water partition coefficient (Wildman–Crippen LogP) is 4.32. The van der Waals surface area contributed by atoms with E-state index in [1.807, 2.05) is 23.7 Å². The number of para-hydroxylation sites is 1. The van der Waals surface area contributed by atoms with Gasteiger partial charge in [-0.1, -0.05) is 24.8 Å². The minimum atomic E-state index is -0.594. The van der Waals surface area contributed by atoms with Crippen LogP contribution in [0, 0.1) is 11.6 Å². The molecule has 0 atom stereocenters. The van der Waals surface area contributed by atoms with Gasteiger partial charge >= 0.3 is 0 Å². The third kappa shape index (κ3) is 5.13. The molecule has 0 saturated carbocycles. The first-order valence-corrected chi connectivity index (χ1v) is 12.9. The average molecular weight is 547 g/mol. The van der Waals surface area contributed by atoms with E-state index in [-0.39, 0.29) is 35.7 Å². The second-order valence-electron chi connectivity index (χ2n) is 8.87. The van der Waals surface area contributed by atoms with Crippen LogP contribution in [0.3, 0.4) is 0 Å². The van der Waals surface area contributed by atoms with E-state index in [2.05, 4.69) is 11.6 Å². The minimum Gasteiger partial charge on any atom is -0.487 e. The Kier molecular flexibility index (Phi) is 7.17. The summed E-state index contributed by atoms with van der Waals surface area (Å²) >= 11 is 1.21. The summed E-state index contributed by atoms with van der Waals surface area (Å²) < 4.78 is 42.8. The molecule has 6 nitrogen and oxygen atoms in total. The van der Waals surface area contributed by atoms with Crippen molar-refractivity contribution in [1.82, 2.24) is 9.55 Å². The molecule has 9 heteroatoms. The zero-order chi connectivity index (χ0) is 27.7. The topological polar surface area (TPSA) is 73.3 Å². The molecule has 0 amide bonds. The largest absolute Gasteiger partial charge is 0.487 e. The van der Waals surface area contributed by atoms with Crippen LogP contribution in [0.2, 0.25) is 0 Å². The van der Waals surface area contributed by atoms with Crippen LogP contribution >= 0.6 is 11.3 Å². The van der Waals surface area contributed by atoms with Gasteiger partial charge in [0.05, 0.1) is 20.4 Å². The fraction of sp³-hybridized carbons (Fsp3) is 0.133. The number of pyridine rings is 1. The molecule has 0 aliphatic rings. The molecule has 2 heterocycles. The van der Waals surface area contributed by atoms with E-state index in [1.54, 1.807) is 37.3 Å². The van der Waals surface area contributed by atoms with E-state index in [9.17, 15) is 18.4 Å². The van der Waals surface area contributed by atoms with Crippen LogP contribution in [-0.2, 0) is 7.05 Å². The first kappa shape index (κ1) is 26.1. The first-order chi connectivity index (χ1) is 18.7. The van der Waals surface area contributed by atoms with Crippen molar-refractivity contribution in [2.75, 3.05) is 13.2 Å². The van der Waals surface area contributed by atoms with Gasteiger partial charge in [0, 0.05) is 18.0 Å². The van der Waals surface area contributed by atoms with E-state index >= 15 is 0 Å². The molecule has 3 aromatic carbocycles. The number of aromatic nitrogens is 2. The maximum Gasteiger partial charge on any atom is 0.266 e. The minimum absolute atomic E-state index is 0.0123. The molecule has 2 aromatic heterocycles. The molecule has 198 valence electrons. The zero-order valence-corrected chi connectivity index (χ0v) is 22.0. The zero-order valence-electron chi connectivity index (χ0n) is 21.2. The molecule has 39 heavy (non-hydrogen) atoms. The number of H-pyrrole nitrogens is 1. The van der Waals surface area contributed by atoms with Crippen molar-refractivity contribution >= 4 is 34.4 Å². The van der Waals surface area contributed by atoms with Crippen LogP contribution in [0.5, 0.6) is 11.5 Å². The molecular formula is C30H24F2N2O4S. The number of rotatable bonds is 7. The van der Waals surface area contributed by atoms with Crippen molar-refractivity contribution in [3.63, 3.8) is 0 Å². The number of nitrogens with one attached hydrogen (secondary N) is 1. The molecule has 0 aliphatic carbocycles. The highest BCUT2D eigenvalue weighted by molar-refractivity contribution is 7.07. The average Bonchev–Trinajstić information content (AvgIpc) is 3.27. The fourth-order valence-electron chi connectivity index (χ4n) is 4.43. The highest BCUT2D eigenvalue weighted by Gasteiger charge is 2.18. The van der Waals surface area contributed by atoms with Crippen LogP contribution in [0.4, 0.5) is 8.78 Å². The summed E-state index contributed by atoms with van der Waals surface area (Å²) in [4.78, 5) is 28.1. The fourth-order valence-corrected chi connectivity index (χ4v) is 5.23. The Hall–Kier alpha value is -4.50. The Morgan fingerprint density at radius 1 is 1.00 bits per heavy atom. The van der Waals surface area contributed by atoms with E-state index in [0.29, 0.717) is 42.5 Å². The number of thiazole rings is 1. The summed E-state index contributed by atoms with van der Waals surface area (Å²) in [5, 5.41) is 0.477. The van der Waals surface area contributed by atoms with Gasteiger partial charge in [0.2, 0.25) is 5.43 Å². The van der Waals surface area contributed by atoms with Gasteiger partial charge < -0.3 is 19.0 Å². The number of ether oxygens (including phenoxy) is 2. The number of hydrogen-bond acceptors (Lipinski definition) is 5. The molecular weight excluding hydrogens is 522 g/mol. The van der Waals surface area contributed by atoms with E-state index in [1.165, 1.54) is 35.6 Å². The number of nitrogens with zero attached hydrogens (tertiary/aromatic N) is 1. The number of halogens is 2. The Bertz CT molecular complexity index is 1920. The normalized spacial score (nSPS) is 12.0. The van der Waals surface area contributed by atoms with Gasteiger partial charge in [-0.3, -0.25) is 9.59 Å². The monoisotopic (exact) mass is 546 g/mol. The second kappa shape index (κ2) is 10.7. The van der Waals surface area contributed by atoms with Gasteiger partial charge in [0.15, 0.2) is 17.3 Å². The van der Waals surface area contributed by atoms with E-state index < -0.39 is 11.6 Å². The van der Waals surface area contributed by atoms with E-state index in [0.717, 1.165) is 0 Å². The maximum absolute atomic E-state index is 14.8. The summed E-state index contributed by atoms with van der Waals surface area (Å²) in [5.74, 6) is -0.879. The molecule has 0 radical (unpaired) electrons. The van der Waals surface area contributed by atoms with Crippen molar-refractivity contribution in [3.05, 3.63) is 114 Å². The Morgan fingerprint density at radius 2 is 1.72 bits per heavy atom. The summed E-state index contributed by atoms with van der Waals surface area (Å²) in [7, 11) is 1.81. The van der Waals surface area contributed by atoms with Crippen LogP contribution in [0.1, 0.15) is 12.5 Å². The van der Waals surface area contributed by atoms with Gasteiger partial charge in [-0.15, -0.1) is 11.3 Å². The van der Waals surface area contributed by atoms with Crippen molar-refractivity contribution in [3.8, 4) is 22.8 Å². The molecule has 1 N–H and O–H groups in total. The lowest BCUT2D eigenvalue weighted by atomic mass is 10.1. The predicted molar refractivity (Wildman–Crippen MR) is 150 cm³/mol. The van der Waals surface area contributed by atoms with Gasteiger partial charge in [0.1, 0.15) is 19.0 Å². The third-order valence-corrected chi connectivity index (χ3v) is 7.41. The van der Waals surface area contributed by atoms with Gasteiger partial charge in [-0.25, -0.2) is 8.78 Å². The molecule has 5 rings (SSSR count). The lowest BCUT2D eigenvalue weighted by Gasteiger charge is -2.18. The molecule has 0 bridgehead atoms. The quantitative estimate of drug-likeness (QED) is 0.309. The van der Waals surface area contributed by atoms with Crippen molar-refractivity contribution < 1.29 is 18.3 Å². The van der Waals surface area contributed by atoms with Gasteiger partial charge in [-0.05, 0) is 66.6 Å². The first-order valence-electron chi connectivity index (χ1n) is 12.1. The van der Waals surface area contributed by atoms with Crippen LogP contribution in [-0.4, -0.2) is 22.8 Å². The standard InChI is InChI=1S/C30H24F2N2O4S/c1-17(29-30(36)33-18(2)39-29)20-10-13-25(23(32)16-20)37-14-15-38-28-26(19-8-11-21(31)12-9-19)34(3)24-7-5-4-6-22(24)27(28)35/h4-13,16H,2,14-15H2,1,3H3,(H,33,36)/b29-17+. The molecule has 0 aliphatic heterocycles. The molecule has 0 saturated heterocycles. The van der Waals surface area contributed by atoms with E-state index in [4.69, 9.17) is 9.47 Å². The lowest BCUT2D eigenvalue weighted by molar-refractivity contribution is 0.210. The number of hydrogen-bond donors (Lipinski definition) is 1. The summed E-state index contributed by atoms with van der Waals surface area (Å²) in [6.07, 6.45) is 0. The van der Waals surface area contributed by atoms with Crippen LogP contribution < -0.4 is 29.7 Å². The Balaban J connectivity index is 1.38. The lowest BCUT2D eigenvalue weighted by Crippen LogP contribution is -2.22. The molecule has 0 spiro atoms. The van der Waals surface area contributed by atoms with Crippen LogP contribution in [0.25, 0.3) is 34.3 Å². The molecule has 5 aromatic rings. The number of benzene rings is 3. The smallest absolute Gasteiger partial charge is 0.266 e.